The third kappa shape index (κ3) is 2.75. The highest BCUT2D eigenvalue weighted by atomic mass is 32.1. The average molecular weight is 301 g/mol. The number of nitrogens with one attached hydrogen (secondary N) is 2. The van der Waals surface area contributed by atoms with Crippen LogP contribution in [-0.2, 0) is 12.8 Å². The van der Waals surface area contributed by atoms with Crippen molar-refractivity contribution >= 4 is 34.0 Å². The first kappa shape index (κ1) is 13.6. The number of carbonyl (C=O) groups excluding carboxylic acids is 2. The van der Waals surface area contributed by atoms with Crippen molar-refractivity contribution in [2.24, 2.45) is 5.73 Å². The molecule has 0 spiro atoms. The zero-order chi connectivity index (χ0) is 14.8. The van der Waals surface area contributed by atoms with Crippen molar-refractivity contribution in [2.75, 3.05) is 10.6 Å². The number of rotatable bonds is 3. The normalized spacial score (nSPS) is 12.8. The third-order valence-electron chi connectivity index (χ3n) is 3.43. The summed E-state index contributed by atoms with van der Waals surface area (Å²) in [5.74, 6) is -0.482. The van der Waals surface area contributed by atoms with Gasteiger partial charge in [0.1, 0.15) is 5.00 Å². The molecule has 1 aliphatic rings. The van der Waals surface area contributed by atoms with Crippen LogP contribution in [0.3, 0.4) is 0 Å². The van der Waals surface area contributed by atoms with Gasteiger partial charge in [-0.1, -0.05) is 18.2 Å². The summed E-state index contributed by atoms with van der Waals surface area (Å²) in [6.07, 6.45) is 2.84. The van der Waals surface area contributed by atoms with E-state index in [1.54, 1.807) is 12.1 Å². The molecule has 0 saturated carbocycles. The number of nitrogens with two attached hydrogens (primary N) is 1. The number of aryl methyl sites for hydroxylation is 1. The van der Waals surface area contributed by atoms with E-state index in [9.17, 15) is 9.59 Å². The number of amides is 3. The molecule has 1 aromatic heterocycles. The maximum Gasteiger partial charge on any atom is 0.324 e. The van der Waals surface area contributed by atoms with E-state index in [0.29, 0.717) is 16.3 Å². The lowest BCUT2D eigenvalue weighted by molar-refractivity contribution is 0.100. The molecule has 0 unspecified atom stereocenters. The van der Waals surface area contributed by atoms with E-state index in [1.165, 1.54) is 11.3 Å². The average Bonchev–Trinajstić information content (AvgIpc) is 2.99. The topological polar surface area (TPSA) is 84.2 Å². The van der Waals surface area contributed by atoms with Crippen LogP contribution < -0.4 is 16.4 Å². The molecule has 0 bridgehead atoms. The van der Waals surface area contributed by atoms with Crippen LogP contribution in [0, 0.1) is 0 Å². The minimum absolute atomic E-state index is 0.372. The predicted molar refractivity (Wildman–Crippen MR) is 83.9 cm³/mol. The lowest BCUT2D eigenvalue weighted by Gasteiger charge is -2.07. The molecular formula is C15H15N3O2S. The van der Waals surface area contributed by atoms with E-state index >= 15 is 0 Å². The van der Waals surface area contributed by atoms with Gasteiger partial charge in [-0.25, -0.2) is 4.79 Å². The quantitative estimate of drug-likeness (QED) is 0.814. The standard InChI is InChI=1S/C15H15N3O2S/c16-13(19)12-10-7-4-8-11(10)21-14(12)18-15(20)17-9-5-2-1-3-6-9/h1-3,5-6H,4,7-8H2,(H2,16,19)(H2,17,18,20). The van der Waals surface area contributed by atoms with Crippen LogP contribution in [0.25, 0.3) is 0 Å². The van der Waals surface area contributed by atoms with Crippen LogP contribution in [0.1, 0.15) is 27.2 Å². The first-order valence-corrected chi connectivity index (χ1v) is 7.54. The lowest BCUT2D eigenvalue weighted by atomic mass is 10.1. The predicted octanol–water partition coefficient (Wildman–Crippen LogP) is 2.98. The molecule has 4 N–H and O–H groups in total. The summed E-state index contributed by atoms with van der Waals surface area (Å²) < 4.78 is 0. The van der Waals surface area contributed by atoms with Crippen LogP contribution in [0.5, 0.6) is 0 Å². The minimum atomic E-state index is -0.482. The van der Waals surface area contributed by atoms with Gasteiger partial charge in [-0.3, -0.25) is 10.1 Å². The molecule has 1 aliphatic carbocycles. The Labute approximate surface area is 126 Å². The number of carbonyl (C=O) groups is 2. The summed E-state index contributed by atoms with van der Waals surface area (Å²) in [5, 5.41) is 6.01. The summed E-state index contributed by atoms with van der Waals surface area (Å²) in [6, 6.07) is 8.77. The summed E-state index contributed by atoms with van der Waals surface area (Å²) >= 11 is 1.44. The van der Waals surface area contributed by atoms with Gasteiger partial charge in [0.25, 0.3) is 5.91 Å². The molecule has 6 heteroatoms. The second-order valence-corrected chi connectivity index (χ2v) is 5.98. The van der Waals surface area contributed by atoms with Gasteiger partial charge in [-0.2, -0.15) is 0 Å². The van der Waals surface area contributed by atoms with E-state index in [2.05, 4.69) is 10.6 Å². The molecule has 0 aliphatic heterocycles. The Hall–Kier alpha value is -2.34. The number of benzene rings is 1. The smallest absolute Gasteiger partial charge is 0.324 e. The summed E-state index contributed by atoms with van der Waals surface area (Å²) in [6.45, 7) is 0. The molecule has 3 rings (SSSR count). The first-order chi connectivity index (χ1) is 10.1. The van der Waals surface area contributed by atoms with Crippen molar-refractivity contribution in [3.63, 3.8) is 0 Å². The van der Waals surface area contributed by atoms with Gasteiger partial charge >= 0.3 is 6.03 Å². The number of hydrogen-bond donors (Lipinski definition) is 3. The molecule has 1 aromatic carbocycles. The van der Waals surface area contributed by atoms with E-state index < -0.39 is 5.91 Å². The molecule has 2 aromatic rings. The van der Waals surface area contributed by atoms with Crippen LogP contribution in [0.2, 0.25) is 0 Å². The van der Waals surface area contributed by atoms with Crippen molar-refractivity contribution in [3.8, 4) is 0 Å². The van der Waals surface area contributed by atoms with Gasteiger partial charge in [0.05, 0.1) is 5.56 Å². The number of urea groups is 1. The van der Waals surface area contributed by atoms with Crippen molar-refractivity contribution in [2.45, 2.75) is 19.3 Å². The second kappa shape index (κ2) is 5.57. The number of thiophene rings is 1. The van der Waals surface area contributed by atoms with Crippen LogP contribution in [-0.4, -0.2) is 11.9 Å². The third-order valence-corrected chi connectivity index (χ3v) is 4.63. The number of para-hydroxylation sites is 1. The van der Waals surface area contributed by atoms with E-state index in [1.807, 2.05) is 18.2 Å². The van der Waals surface area contributed by atoms with Crippen LogP contribution in [0.15, 0.2) is 30.3 Å². The molecule has 21 heavy (non-hydrogen) atoms. The summed E-state index contributed by atoms with van der Waals surface area (Å²) in [5.41, 5.74) is 7.62. The molecule has 1 heterocycles. The Kier molecular flexibility index (Phi) is 3.62. The zero-order valence-corrected chi connectivity index (χ0v) is 12.1. The van der Waals surface area contributed by atoms with Gasteiger partial charge in [0.15, 0.2) is 0 Å². The number of hydrogen-bond acceptors (Lipinski definition) is 3. The van der Waals surface area contributed by atoms with Gasteiger partial charge in [-0.05, 0) is 37.0 Å². The molecular weight excluding hydrogens is 286 g/mol. The fourth-order valence-electron chi connectivity index (χ4n) is 2.54. The van der Waals surface area contributed by atoms with Crippen LogP contribution >= 0.6 is 11.3 Å². The van der Waals surface area contributed by atoms with E-state index in [0.717, 1.165) is 29.7 Å². The molecule has 5 nitrogen and oxygen atoms in total. The monoisotopic (exact) mass is 301 g/mol. The van der Waals surface area contributed by atoms with Crippen LogP contribution in [0.4, 0.5) is 15.5 Å². The van der Waals surface area contributed by atoms with E-state index in [4.69, 9.17) is 5.73 Å². The van der Waals surface area contributed by atoms with Crippen molar-refractivity contribution in [1.29, 1.82) is 0 Å². The lowest BCUT2D eigenvalue weighted by Crippen LogP contribution is -2.21. The maximum atomic E-state index is 12.0. The fraction of sp³-hybridized carbons (Fsp3) is 0.200. The highest BCUT2D eigenvalue weighted by Crippen LogP contribution is 2.38. The number of primary amides is 1. The minimum Gasteiger partial charge on any atom is -0.365 e. The Morgan fingerprint density at radius 1 is 1.10 bits per heavy atom. The zero-order valence-electron chi connectivity index (χ0n) is 11.3. The SMILES string of the molecule is NC(=O)c1c(NC(=O)Nc2ccccc2)sc2c1CCC2. The fourth-order valence-corrected chi connectivity index (χ4v) is 3.83. The number of anilines is 2. The summed E-state index contributed by atoms with van der Waals surface area (Å²) in [7, 11) is 0. The van der Waals surface area contributed by atoms with E-state index in [-0.39, 0.29) is 6.03 Å². The Bertz CT molecular complexity index is 694. The Morgan fingerprint density at radius 3 is 2.57 bits per heavy atom. The van der Waals surface area contributed by atoms with Crippen molar-refractivity contribution in [1.82, 2.24) is 0 Å². The first-order valence-electron chi connectivity index (χ1n) is 6.72. The molecule has 0 atom stereocenters. The van der Waals surface area contributed by atoms with Gasteiger partial charge < -0.3 is 11.1 Å². The molecule has 0 radical (unpaired) electrons. The summed E-state index contributed by atoms with van der Waals surface area (Å²) in [4.78, 5) is 24.8. The number of fused-ring (bicyclic) bond motifs is 1. The molecule has 3 amide bonds. The van der Waals surface area contributed by atoms with Gasteiger partial charge in [-0.15, -0.1) is 11.3 Å². The maximum absolute atomic E-state index is 12.0. The second-order valence-electron chi connectivity index (χ2n) is 4.87. The van der Waals surface area contributed by atoms with Crippen molar-refractivity contribution < 1.29 is 9.59 Å². The molecule has 108 valence electrons. The highest BCUT2D eigenvalue weighted by molar-refractivity contribution is 7.17. The molecule has 0 fully saturated rings. The Morgan fingerprint density at radius 2 is 1.86 bits per heavy atom. The highest BCUT2D eigenvalue weighted by Gasteiger charge is 2.26. The van der Waals surface area contributed by atoms with Gasteiger partial charge in [0.2, 0.25) is 0 Å². The Balaban J connectivity index is 1.79. The van der Waals surface area contributed by atoms with Crippen molar-refractivity contribution in [3.05, 3.63) is 46.3 Å². The largest absolute Gasteiger partial charge is 0.365 e. The molecule has 0 saturated heterocycles. The van der Waals surface area contributed by atoms with Gasteiger partial charge in [0, 0.05) is 10.6 Å².